The monoisotopic (exact) mass is 289 g/mol. The average Bonchev–Trinajstić information content (AvgIpc) is 2.91. The summed E-state index contributed by atoms with van der Waals surface area (Å²) in [6.07, 6.45) is 3.22. The number of ether oxygens (including phenoxy) is 1. The van der Waals surface area contributed by atoms with Crippen LogP contribution in [0, 0.1) is 0 Å². The highest BCUT2D eigenvalue weighted by Crippen LogP contribution is 2.15. The number of carbonyl (C=O) groups is 1. The van der Waals surface area contributed by atoms with Gasteiger partial charge in [0.2, 0.25) is 11.0 Å². The Morgan fingerprint density at radius 3 is 2.90 bits per heavy atom. The first kappa shape index (κ1) is 14.4. The van der Waals surface area contributed by atoms with Gasteiger partial charge in [-0.15, -0.1) is 10.2 Å². The lowest BCUT2D eigenvalue weighted by Crippen LogP contribution is -2.07. The summed E-state index contributed by atoms with van der Waals surface area (Å²) in [5.41, 5.74) is 0.969. The van der Waals surface area contributed by atoms with Gasteiger partial charge < -0.3 is 4.74 Å². The van der Waals surface area contributed by atoms with Gasteiger partial charge in [0.05, 0.1) is 0 Å². The SMILES string of the molecule is CCOCc1nnc(NC(=O)C=Cc2ccccc2)s1. The molecule has 0 spiro atoms. The zero-order valence-electron chi connectivity index (χ0n) is 11.1. The van der Waals surface area contributed by atoms with Gasteiger partial charge in [0.25, 0.3) is 0 Å². The maximum atomic E-state index is 11.7. The van der Waals surface area contributed by atoms with Gasteiger partial charge in [-0.3, -0.25) is 10.1 Å². The van der Waals surface area contributed by atoms with Crippen LogP contribution < -0.4 is 5.32 Å². The largest absolute Gasteiger partial charge is 0.374 e. The van der Waals surface area contributed by atoms with Crippen LogP contribution in [0.15, 0.2) is 36.4 Å². The Morgan fingerprint density at radius 1 is 1.35 bits per heavy atom. The third-order valence-electron chi connectivity index (χ3n) is 2.35. The summed E-state index contributed by atoms with van der Waals surface area (Å²) in [6.45, 7) is 2.96. The summed E-state index contributed by atoms with van der Waals surface area (Å²) >= 11 is 1.31. The topological polar surface area (TPSA) is 64.1 Å². The molecule has 0 aliphatic rings. The van der Waals surface area contributed by atoms with Crippen molar-refractivity contribution in [3.05, 3.63) is 47.0 Å². The van der Waals surface area contributed by atoms with Gasteiger partial charge >= 0.3 is 0 Å². The molecule has 0 aliphatic heterocycles. The highest BCUT2D eigenvalue weighted by Gasteiger charge is 2.05. The number of benzene rings is 1. The Bertz CT molecular complexity index is 581. The molecule has 2 rings (SSSR count). The minimum atomic E-state index is -0.229. The molecular weight excluding hydrogens is 274 g/mol. The second kappa shape index (κ2) is 7.52. The molecule has 1 N–H and O–H groups in total. The molecule has 0 bridgehead atoms. The lowest BCUT2D eigenvalue weighted by atomic mass is 10.2. The summed E-state index contributed by atoms with van der Waals surface area (Å²) in [7, 11) is 0. The predicted octanol–water partition coefficient (Wildman–Crippen LogP) is 2.73. The molecule has 6 heteroatoms. The van der Waals surface area contributed by atoms with Crippen LogP contribution in [-0.4, -0.2) is 22.7 Å². The van der Waals surface area contributed by atoms with E-state index in [0.717, 1.165) is 10.6 Å². The molecule has 1 aromatic heterocycles. The molecule has 1 aromatic carbocycles. The average molecular weight is 289 g/mol. The van der Waals surface area contributed by atoms with Crippen molar-refractivity contribution < 1.29 is 9.53 Å². The molecule has 0 saturated heterocycles. The molecule has 104 valence electrons. The fraction of sp³-hybridized carbons (Fsp3) is 0.214. The molecular formula is C14H15N3O2S. The molecule has 1 amide bonds. The Kier molecular flexibility index (Phi) is 5.40. The smallest absolute Gasteiger partial charge is 0.250 e. The molecule has 1 heterocycles. The number of carbonyl (C=O) groups excluding carboxylic acids is 1. The number of nitrogens with one attached hydrogen (secondary N) is 1. The normalized spacial score (nSPS) is 10.8. The highest BCUT2D eigenvalue weighted by atomic mass is 32.1. The first-order valence-corrected chi connectivity index (χ1v) is 7.04. The van der Waals surface area contributed by atoms with Crippen molar-refractivity contribution in [2.45, 2.75) is 13.5 Å². The van der Waals surface area contributed by atoms with Crippen LogP contribution in [0.25, 0.3) is 6.08 Å². The van der Waals surface area contributed by atoms with E-state index in [4.69, 9.17) is 4.74 Å². The van der Waals surface area contributed by atoms with Crippen LogP contribution in [0.3, 0.4) is 0 Å². The number of amides is 1. The molecule has 0 aliphatic carbocycles. The molecule has 0 unspecified atom stereocenters. The van der Waals surface area contributed by atoms with Crippen molar-refractivity contribution in [2.75, 3.05) is 11.9 Å². The van der Waals surface area contributed by atoms with E-state index >= 15 is 0 Å². The van der Waals surface area contributed by atoms with Gasteiger partial charge in [0.15, 0.2) is 0 Å². The lowest BCUT2D eigenvalue weighted by molar-refractivity contribution is -0.111. The van der Waals surface area contributed by atoms with E-state index in [1.165, 1.54) is 17.4 Å². The van der Waals surface area contributed by atoms with Crippen LogP contribution in [0.2, 0.25) is 0 Å². The number of anilines is 1. The van der Waals surface area contributed by atoms with E-state index in [2.05, 4.69) is 15.5 Å². The second-order valence-electron chi connectivity index (χ2n) is 3.87. The van der Waals surface area contributed by atoms with E-state index in [1.54, 1.807) is 6.08 Å². The number of nitrogens with zero attached hydrogens (tertiary/aromatic N) is 2. The first-order valence-electron chi connectivity index (χ1n) is 6.22. The molecule has 0 saturated carbocycles. The highest BCUT2D eigenvalue weighted by molar-refractivity contribution is 7.15. The van der Waals surface area contributed by atoms with E-state index < -0.39 is 0 Å². The molecule has 5 nitrogen and oxygen atoms in total. The van der Waals surface area contributed by atoms with Crippen molar-refractivity contribution >= 4 is 28.5 Å². The van der Waals surface area contributed by atoms with Crippen molar-refractivity contribution in [2.24, 2.45) is 0 Å². The Morgan fingerprint density at radius 2 is 2.15 bits per heavy atom. The van der Waals surface area contributed by atoms with Crippen LogP contribution >= 0.6 is 11.3 Å². The van der Waals surface area contributed by atoms with Gasteiger partial charge in [0.1, 0.15) is 11.6 Å². The van der Waals surface area contributed by atoms with E-state index in [-0.39, 0.29) is 5.91 Å². The van der Waals surface area contributed by atoms with Gasteiger partial charge in [-0.25, -0.2) is 0 Å². The van der Waals surface area contributed by atoms with Crippen LogP contribution in [-0.2, 0) is 16.1 Å². The molecule has 2 aromatic rings. The standard InChI is InChI=1S/C14H15N3O2S/c1-2-19-10-13-16-17-14(20-13)15-12(18)9-8-11-6-4-3-5-7-11/h3-9H,2,10H2,1H3,(H,15,17,18). The summed E-state index contributed by atoms with van der Waals surface area (Å²) in [5, 5.41) is 11.7. The summed E-state index contributed by atoms with van der Waals surface area (Å²) < 4.78 is 5.22. The Labute approximate surface area is 121 Å². The maximum Gasteiger partial charge on any atom is 0.250 e. The zero-order valence-corrected chi connectivity index (χ0v) is 11.9. The summed E-state index contributed by atoms with van der Waals surface area (Å²) in [6, 6.07) is 9.62. The maximum absolute atomic E-state index is 11.7. The van der Waals surface area contributed by atoms with Crippen molar-refractivity contribution in [3.8, 4) is 0 Å². The lowest BCUT2D eigenvalue weighted by Gasteiger charge is -1.95. The molecule has 0 fully saturated rings. The fourth-order valence-corrected chi connectivity index (χ4v) is 2.12. The summed E-state index contributed by atoms with van der Waals surface area (Å²) in [5.74, 6) is -0.229. The second-order valence-corrected chi connectivity index (χ2v) is 4.93. The minimum absolute atomic E-state index is 0.229. The van der Waals surface area contributed by atoms with Crippen LogP contribution in [0.1, 0.15) is 17.5 Å². The van der Waals surface area contributed by atoms with Gasteiger partial charge in [0, 0.05) is 12.7 Å². The van der Waals surface area contributed by atoms with Crippen LogP contribution in [0.5, 0.6) is 0 Å². The quantitative estimate of drug-likeness (QED) is 0.830. The summed E-state index contributed by atoms with van der Waals surface area (Å²) in [4.78, 5) is 11.7. The van der Waals surface area contributed by atoms with E-state index in [9.17, 15) is 4.79 Å². The van der Waals surface area contributed by atoms with E-state index in [1.807, 2.05) is 37.3 Å². The zero-order chi connectivity index (χ0) is 14.2. The molecule has 0 atom stereocenters. The van der Waals surface area contributed by atoms with Crippen molar-refractivity contribution in [1.29, 1.82) is 0 Å². The van der Waals surface area contributed by atoms with Crippen molar-refractivity contribution in [3.63, 3.8) is 0 Å². The first-order chi connectivity index (χ1) is 9.78. The third-order valence-corrected chi connectivity index (χ3v) is 3.17. The number of aromatic nitrogens is 2. The van der Waals surface area contributed by atoms with Crippen molar-refractivity contribution in [1.82, 2.24) is 10.2 Å². The number of hydrogen-bond donors (Lipinski definition) is 1. The predicted molar refractivity (Wildman–Crippen MR) is 79.3 cm³/mol. The number of hydrogen-bond acceptors (Lipinski definition) is 5. The Hall–Kier alpha value is -2.05. The molecule has 20 heavy (non-hydrogen) atoms. The van der Waals surface area contributed by atoms with Gasteiger partial charge in [-0.2, -0.15) is 0 Å². The minimum Gasteiger partial charge on any atom is -0.374 e. The molecule has 0 radical (unpaired) electrons. The van der Waals surface area contributed by atoms with Gasteiger partial charge in [-0.1, -0.05) is 41.7 Å². The third kappa shape index (κ3) is 4.56. The Balaban J connectivity index is 1.88. The number of rotatable bonds is 6. The van der Waals surface area contributed by atoms with E-state index in [0.29, 0.717) is 18.3 Å². The van der Waals surface area contributed by atoms with Gasteiger partial charge in [-0.05, 0) is 18.6 Å². The van der Waals surface area contributed by atoms with Crippen LogP contribution in [0.4, 0.5) is 5.13 Å². The fourth-order valence-electron chi connectivity index (χ4n) is 1.43.